The van der Waals surface area contributed by atoms with E-state index in [1.165, 1.54) is 30.5 Å². The normalized spacial score (nSPS) is 16.4. The Balaban J connectivity index is 1.40. The minimum atomic E-state index is -3.77. The Hall–Kier alpha value is -3.86. The number of aromatic nitrogens is 2. The minimum absolute atomic E-state index is 0.0896. The van der Waals surface area contributed by atoms with Crippen molar-refractivity contribution in [2.45, 2.75) is 13.2 Å². The fourth-order valence-corrected chi connectivity index (χ4v) is 3.78. The van der Waals surface area contributed by atoms with E-state index >= 15 is 0 Å². The van der Waals surface area contributed by atoms with Crippen LogP contribution in [-0.4, -0.2) is 48.5 Å². The quantitative estimate of drug-likeness (QED) is 0.575. The summed E-state index contributed by atoms with van der Waals surface area (Å²) in [4.78, 5) is 23.0. The standard InChI is InChI=1S/C23H19F3N4O4/c1-13-17(15-9-20(24)29-21(10-15)30-4-6-32-7-5-30)11-16(12-27-13)28-22(31)14-2-3-18-19(8-14)34-23(25,26)33-18/h2-3,8-12H,4-7H2,1H3,(H,28,31). The first-order valence-corrected chi connectivity index (χ1v) is 10.5. The molecule has 0 unspecified atom stereocenters. The maximum atomic E-state index is 14.4. The molecule has 0 atom stereocenters. The summed E-state index contributed by atoms with van der Waals surface area (Å²) in [5, 5.41) is 2.68. The van der Waals surface area contributed by atoms with Crippen LogP contribution in [0.2, 0.25) is 0 Å². The molecule has 4 heterocycles. The van der Waals surface area contributed by atoms with Gasteiger partial charge in [-0.2, -0.15) is 4.39 Å². The van der Waals surface area contributed by atoms with Gasteiger partial charge >= 0.3 is 6.29 Å². The molecular weight excluding hydrogens is 453 g/mol. The second-order valence-corrected chi connectivity index (χ2v) is 7.78. The number of carbonyl (C=O) groups excluding carboxylic acids is 1. The summed E-state index contributed by atoms with van der Waals surface area (Å²) in [6, 6.07) is 8.48. The van der Waals surface area contributed by atoms with E-state index in [0.29, 0.717) is 54.6 Å². The van der Waals surface area contributed by atoms with E-state index < -0.39 is 18.1 Å². The smallest absolute Gasteiger partial charge is 0.395 e. The molecule has 0 radical (unpaired) electrons. The van der Waals surface area contributed by atoms with Gasteiger partial charge in [0.2, 0.25) is 5.95 Å². The van der Waals surface area contributed by atoms with E-state index in [4.69, 9.17) is 4.74 Å². The van der Waals surface area contributed by atoms with Crippen LogP contribution in [0, 0.1) is 12.9 Å². The molecule has 2 aliphatic rings. The monoisotopic (exact) mass is 472 g/mol. The van der Waals surface area contributed by atoms with Gasteiger partial charge in [0.05, 0.1) is 25.1 Å². The van der Waals surface area contributed by atoms with Gasteiger partial charge in [-0.3, -0.25) is 9.78 Å². The number of amides is 1. The van der Waals surface area contributed by atoms with Crippen molar-refractivity contribution in [2.24, 2.45) is 0 Å². The number of fused-ring (bicyclic) bond motifs is 1. The molecule has 0 aliphatic carbocycles. The molecular formula is C23H19F3N4O4. The van der Waals surface area contributed by atoms with Crippen LogP contribution in [0.15, 0.2) is 42.6 Å². The highest BCUT2D eigenvalue weighted by Gasteiger charge is 2.43. The number of alkyl halides is 2. The highest BCUT2D eigenvalue weighted by atomic mass is 19.3. The first-order valence-electron chi connectivity index (χ1n) is 10.5. The number of ether oxygens (including phenoxy) is 3. The Morgan fingerprint density at radius 3 is 2.65 bits per heavy atom. The van der Waals surface area contributed by atoms with Crippen molar-refractivity contribution in [3.63, 3.8) is 0 Å². The molecule has 0 spiro atoms. The van der Waals surface area contributed by atoms with Crippen molar-refractivity contribution in [3.05, 3.63) is 59.8 Å². The van der Waals surface area contributed by atoms with Gasteiger partial charge in [-0.1, -0.05) is 0 Å². The lowest BCUT2D eigenvalue weighted by molar-refractivity contribution is -0.286. The van der Waals surface area contributed by atoms with E-state index in [9.17, 15) is 18.0 Å². The molecule has 176 valence electrons. The fourth-order valence-electron chi connectivity index (χ4n) is 3.78. The topological polar surface area (TPSA) is 85.8 Å². The van der Waals surface area contributed by atoms with Gasteiger partial charge in [0.15, 0.2) is 11.5 Å². The second kappa shape index (κ2) is 8.49. The summed E-state index contributed by atoms with van der Waals surface area (Å²) in [6.45, 7) is 4.04. The van der Waals surface area contributed by atoms with Gasteiger partial charge in [0, 0.05) is 36.0 Å². The summed E-state index contributed by atoms with van der Waals surface area (Å²) in [5.41, 5.74) is 2.23. The zero-order valence-electron chi connectivity index (χ0n) is 18.0. The molecule has 5 rings (SSSR count). The Bertz CT molecular complexity index is 1260. The predicted octanol–water partition coefficient (Wildman–Crippen LogP) is 4.00. The maximum absolute atomic E-state index is 14.4. The van der Waals surface area contributed by atoms with Crippen molar-refractivity contribution >= 4 is 17.4 Å². The molecule has 1 saturated heterocycles. The van der Waals surface area contributed by atoms with Crippen LogP contribution >= 0.6 is 0 Å². The molecule has 0 saturated carbocycles. The summed E-state index contributed by atoms with van der Waals surface area (Å²) < 4.78 is 54.9. The largest absolute Gasteiger partial charge is 0.586 e. The van der Waals surface area contributed by atoms with Gasteiger partial charge in [0.25, 0.3) is 5.91 Å². The zero-order chi connectivity index (χ0) is 23.9. The lowest BCUT2D eigenvalue weighted by Gasteiger charge is -2.28. The van der Waals surface area contributed by atoms with Gasteiger partial charge in [-0.15, -0.1) is 8.78 Å². The van der Waals surface area contributed by atoms with Crippen molar-refractivity contribution in [1.82, 2.24) is 9.97 Å². The van der Waals surface area contributed by atoms with E-state index in [-0.39, 0.29) is 17.1 Å². The van der Waals surface area contributed by atoms with E-state index in [1.807, 2.05) is 4.90 Å². The van der Waals surface area contributed by atoms with E-state index in [1.54, 1.807) is 19.1 Å². The van der Waals surface area contributed by atoms with Crippen LogP contribution in [0.5, 0.6) is 11.5 Å². The lowest BCUT2D eigenvalue weighted by Crippen LogP contribution is -2.36. The lowest BCUT2D eigenvalue weighted by atomic mass is 10.0. The van der Waals surface area contributed by atoms with Crippen molar-refractivity contribution in [1.29, 1.82) is 0 Å². The number of aryl methyl sites for hydroxylation is 1. The summed E-state index contributed by atoms with van der Waals surface area (Å²) in [5.74, 6) is -1.10. The van der Waals surface area contributed by atoms with Gasteiger partial charge in [-0.25, -0.2) is 4.98 Å². The minimum Gasteiger partial charge on any atom is -0.395 e. The molecule has 34 heavy (non-hydrogen) atoms. The van der Waals surface area contributed by atoms with Crippen LogP contribution in [0.25, 0.3) is 11.1 Å². The summed E-state index contributed by atoms with van der Waals surface area (Å²) in [7, 11) is 0. The molecule has 3 aromatic rings. The summed E-state index contributed by atoms with van der Waals surface area (Å²) in [6.07, 6.45) is -2.31. The highest BCUT2D eigenvalue weighted by molar-refractivity contribution is 6.05. The van der Waals surface area contributed by atoms with Crippen LogP contribution in [0.4, 0.5) is 24.7 Å². The zero-order valence-corrected chi connectivity index (χ0v) is 18.0. The van der Waals surface area contributed by atoms with Gasteiger partial charge in [-0.05, 0) is 42.8 Å². The molecule has 1 aromatic carbocycles. The fraction of sp³-hybridized carbons (Fsp3) is 0.261. The molecule has 1 N–H and O–H groups in total. The number of hydrogen-bond donors (Lipinski definition) is 1. The Labute approximate surface area is 192 Å². The number of benzene rings is 1. The Morgan fingerprint density at radius 2 is 1.85 bits per heavy atom. The molecule has 2 aliphatic heterocycles. The maximum Gasteiger partial charge on any atom is 0.586 e. The number of morpholine rings is 1. The molecule has 1 amide bonds. The predicted molar refractivity (Wildman–Crippen MR) is 116 cm³/mol. The van der Waals surface area contributed by atoms with Crippen LogP contribution < -0.4 is 19.7 Å². The molecule has 8 nitrogen and oxygen atoms in total. The molecule has 1 fully saturated rings. The highest BCUT2D eigenvalue weighted by Crippen LogP contribution is 2.41. The molecule has 2 aromatic heterocycles. The first kappa shape index (κ1) is 22.0. The van der Waals surface area contributed by atoms with Crippen LogP contribution in [-0.2, 0) is 4.74 Å². The van der Waals surface area contributed by atoms with Crippen molar-refractivity contribution in [2.75, 3.05) is 36.5 Å². The van der Waals surface area contributed by atoms with Crippen LogP contribution in [0.1, 0.15) is 16.1 Å². The average molecular weight is 472 g/mol. The van der Waals surface area contributed by atoms with Gasteiger partial charge in [0.1, 0.15) is 5.82 Å². The third kappa shape index (κ3) is 4.46. The SMILES string of the molecule is Cc1ncc(NC(=O)c2ccc3c(c2)OC(F)(F)O3)cc1-c1cc(F)nc(N2CCOCC2)c1. The number of halogens is 3. The Kier molecular flexibility index (Phi) is 5.48. The number of pyridine rings is 2. The number of nitrogens with one attached hydrogen (secondary N) is 1. The number of rotatable bonds is 4. The third-order valence-electron chi connectivity index (χ3n) is 5.43. The summed E-state index contributed by atoms with van der Waals surface area (Å²) >= 11 is 0. The number of hydrogen-bond acceptors (Lipinski definition) is 7. The van der Waals surface area contributed by atoms with Crippen molar-refractivity contribution in [3.8, 4) is 22.6 Å². The van der Waals surface area contributed by atoms with E-state index in [2.05, 4.69) is 24.8 Å². The molecule has 0 bridgehead atoms. The van der Waals surface area contributed by atoms with Gasteiger partial charge < -0.3 is 24.4 Å². The number of anilines is 2. The average Bonchev–Trinajstić information content (AvgIpc) is 3.13. The van der Waals surface area contributed by atoms with Crippen molar-refractivity contribution < 1.29 is 32.2 Å². The van der Waals surface area contributed by atoms with Crippen LogP contribution in [0.3, 0.4) is 0 Å². The van der Waals surface area contributed by atoms with E-state index in [0.717, 1.165) is 0 Å². The second-order valence-electron chi connectivity index (χ2n) is 7.78. The number of carbonyl (C=O) groups is 1. The first-order chi connectivity index (χ1) is 16.3. The number of nitrogens with zero attached hydrogens (tertiary/aromatic N) is 3. The molecule has 11 heteroatoms. The third-order valence-corrected chi connectivity index (χ3v) is 5.43. The Morgan fingerprint density at radius 1 is 1.09 bits per heavy atom.